The molecular formula is C13H20Cl2N2. The highest BCUT2D eigenvalue weighted by Crippen LogP contribution is 2.19. The van der Waals surface area contributed by atoms with Gasteiger partial charge in [-0.2, -0.15) is 0 Å². The second-order valence-electron chi connectivity index (χ2n) is 4.43. The van der Waals surface area contributed by atoms with Gasteiger partial charge < -0.3 is 0 Å². The van der Waals surface area contributed by atoms with E-state index in [9.17, 15) is 0 Å². The minimum Gasteiger partial charge on any atom is -0.299 e. The summed E-state index contributed by atoms with van der Waals surface area (Å²) in [5.74, 6) is 0.703. The summed E-state index contributed by atoms with van der Waals surface area (Å²) < 4.78 is 0. The van der Waals surface area contributed by atoms with Crippen molar-refractivity contribution in [2.45, 2.75) is 33.7 Å². The molecule has 1 unspecified atom stereocenters. The van der Waals surface area contributed by atoms with Gasteiger partial charge in [-0.15, -0.1) is 0 Å². The maximum Gasteiger partial charge on any atom is 0.135 e. The maximum absolute atomic E-state index is 6.08. The first-order valence-corrected chi connectivity index (χ1v) is 6.85. The van der Waals surface area contributed by atoms with Crippen LogP contribution < -0.4 is 0 Å². The first kappa shape index (κ1) is 14.7. The van der Waals surface area contributed by atoms with Crippen molar-refractivity contribution in [1.29, 1.82) is 0 Å². The smallest absolute Gasteiger partial charge is 0.135 e. The standard InChI is InChI=1S/C13H20Cl2N2/c1-4-10(3)8-17(5-2)9-11-6-7-12(14)16-13(11)15/h6-7,10H,4-5,8-9H2,1-3H3. The average Bonchev–Trinajstić information content (AvgIpc) is 2.31. The molecule has 0 amide bonds. The number of rotatable bonds is 6. The van der Waals surface area contributed by atoms with Crippen molar-refractivity contribution in [3.05, 3.63) is 28.0 Å². The predicted octanol–water partition coefficient (Wildman–Crippen LogP) is 4.26. The normalized spacial score (nSPS) is 13.1. The topological polar surface area (TPSA) is 16.1 Å². The van der Waals surface area contributed by atoms with E-state index < -0.39 is 0 Å². The zero-order valence-corrected chi connectivity index (χ0v) is 12.2. The van der Waals surface area contributed by atoms with Crippen LogP contribution in [-0.2, 0) is 6.54 Å². The van der Waals surface area contributed by atoms with Gasteiger partial charge in [0.2, 0.25) is 0 Å². The highest BCUT2D eigenvalue weighted by molar-refractivity contribution is 6.32. The predicted molar refractivity (Wildman–Crippen MR) is 74.7 cm³/mol. The van der Waals surface area contributed by atoms with Crippen molar-refractivity contribution in [2.24, 2.45) is 5.92 Å². The van der Waals surface area contributed by atoms with Crippen LogP contribution in [0.3, 0.4) is 0 Å². The molecule has 1 atom stereocenters. The van der Waals surface area contributed by atoms with Crippen LogP contribution in [0.4, 0.5) is 0 Å². The van der Waals surface area contributed by atoms with Crippen LogP contribution >= 0.6 is 23.2 Å². The third-order valence-corrected chi connectivity index (χ3v) is 3.54. The van der Waals surface area contributed by atoms with Gasteiger partial charge in [-0.25, -0.2) is 4.98 Å². The van der Waals surface area contributed by atoms with Crippen LogP contribution in [0.2, 0.25) is 10.3 Å². The molecule has 2 nitrogen and oxygen atoms in total. The van der Waals surface area contributed by atoms with Crippen LogP contribution in [0, 0.1) is 5.92 Å². The molecule has 1 aromatic rings. The Hall–Kier alpha value is -0.310. The molecule has 4 heteroatoms. The van der Waals surface area contributed by atoms with Gasteiger partial charge in [-0.05, 0) is 18.5 Å². The number of halogens is 2. The van der Waals surface area contributed by atoms with Gasteiger partial charge in [-0.1, -0.05) is 56.5 Å². The molecule has 0 saturated carbocycles. The largest absolute Gasteiger partial charge is 0.299 e. The molecule has 96 valence electrons. The molecule has 0 saturated heterocycles. The minimum atomic E-state index is 0.448. The van der Waals surface area contributed by atoms with Gasteiger partial charge in [-0.3, -0.25) is 4.90 Å². The second-order valence-corrected chi connectivity index (χ2v) is 5.17. The van der Waals surface area contributed by atoms with Crippen molar-refractivity contribution in [2.75, 3.05) is 13.1 Å². The first-order valence-electron chi connectivity index (χ1n) is 6.10. The van der Waals surface area contributed by atoms with Crippen LogP contribution in [0.1, 0.15) is 32.8 Å². The lowest BCUT2D eigenvalue weighted by atomic mass is 10.1. The van der Waals surface area contributed by atoms with E-state index in [1.807, 2.05) is 6.07 Å². The SMILES string of the molecule is CCC(C)CN(CC)Cc1ccc(Cl)nc1Cl. The molecule has 0 N–H and O–H groups in total. The molecule has 0 aliphatic carbocycles. The zero-order chi connectivity index (χ0) is 12.8. The first-order chi connectivity index (χ1) is 8.06. The Morgan fingerprint density at radius 1 is 1.29 bits per heavy atom. The monoisotopic (exact) mass is 274 g/mol. The number of hydrogen-bond donors (Lipinski definition) is 0. The number of pyridine rings is 1. The molecule has 1 rings (SSSR count). The van der Waals surface area contributed by atoms with E-state index in [4.69, 9.17) is 23.2 Å². The van der Waals surface area contributed by atoms with E-state index in [1.54, 1.807) is 6.07 Å². The summed E-state index contributed by atoms with van der Waals surface area (Å²) in [5.41, 5.74) is 1.04. The molecule has 1 heterocycles. The Morgan fingerprint density at radius 2 is 2.00 bits per heavy atom. The van der Waals surface area contributed by atoms with Gasteiger partial charge in [0.1, 0.15) is 10.3 Å². The zero-order valence-electron chi connectivity index (χ0n) is 10.7. The summed E-state index contributed by atoms with van der Waals surface area (Å²) in [4.78, 5) is 6.44. The number of hydrogen-bond acceptors (Lipinski definition) is 2. The fourth-order valence-electron chi connectivity index (χ4n) is 1.68. The summed E-state index contributed by atoms with van der Waals surface area (Å²) in [6.07, 6.45) is 1.20. The Labute approximate surface area is 114 Å². The van der Waals surface area contributed by atoms with Gasteiger partial charge >= 0.3 is 0 Å². The van der Waals surface area contributed by atoms with Crippen molar-refractivity contribution in [1.82, 2.24) is 9.88 Å². The molecule has 0 aromatic carbocycles. The van der Waals surface area contributed by atoms with E-state index in [0.717, 1.165) is 25.2 Å². The van der Waals surface area contributed by atoms with Crippen LogP contribution in [0.25, 0.3) is 0 Å². The van der Waals surface area contributed by atoms with Gasteiger partial charge in [0.15, 0.2) is 0 Å². The molecule has 1 aromatic heterocycles. The van der Waals surface area contributed by atoms with Crippen LogP contribution in [0.15, 0.2) is 12.1 Å². The van der Waals surface area contributed by atoms with Crippen molar-refractivity contribution >= 4 is 23.2 Å². The van der Waals surface area contributed by atoms with Crippen molar-refractivity contribution in [3.8, 4) is 0 Å². The molecule has 0 spiro atoms. The van der Waals surface area contributed by atoms with E-state index in [0.29, 0.717) is 16.2 Å². The summed E-state index contributed by atoms with van der Waals surface area (Å²) in [6, 6.07) is 3.75. The number of aromatic nitrogens is 1. The van der Waals surface area contributed by atoms with Crippen molar-refractivity contribution < 1.29 is 0 Å². The quantitative estimate of drug-likeness (QED) is 0.721. The van der Waals surface area contributed by atoms with Crippen molar-refractivity contribution in [3.63, 3.8) is 0 Å². The fraction of sp³-hybridized carbons (Fsp3) is 0.615. The molecule has 17 heavy (non-hydrogen) atoms. The van der Waals surface area contributed by atoms with Gasteiger partial charge in [0.25, 0.3) is 0 Å². The highest BCUT2D eigenvalue weighted by atomic mass is 35.5. The van der Waals surface area contributed by atoms with Gasteiger partial charge in [0, 0.05) is 18.7 Å². The Kier molecular flexibility index (Phi) is 6.24. The molecule has 0 aliphatic heterocycles. The van der Waals surface area contributed by atoms with E-state index in [2.05, 4.69) is 30.7 Å². The minimum absolute atomic E-state index is 0.448. The molecule has 0 bridgehead atoms. The molecule has 0 radical (unpaired) electrons. The lowest BCUT2D eigenvalue weighted by Crippen LogP contribution is -2.28. The van der Waals surface area contributed by atoms with E-state index in [-0.39, 0.29) is 0 Å². The second kappa shape index (κ2) is 7.20. The van der Waals surface area contributed by atoms with Gasteiger partial charge in [0.05, 0.1) is 0 Å². The fourth-order valence-corrected chi connectivity index (χ4v) is 2.08. The highest BCUT2D eigenvalue weighted by Gasteiger charge is 2.10. The Morgan fingerprint density at radius 3 is 2.53 bits per heavy atom. The Balaban J connectivity index is 2.67. The van der Waals surface area contributed by atoms with E-state index in [1.165, 1.54) is 6.42 Å². The maximum atomic E-state index is 6.08. The lowest BCUT2D eigenvalue weighted by Gasteiger charge is -2.24. The van der Waals surface area contributed by atoms with E-state index >= 15 is 0 Å². The van der Waals surface area contributed by atoms with Crippen LogP contribution in [-0.4, -0.2) is 23.0 Å². The Bertz CT molecular complexity index is 355. The summed E-state index contributed by atoms with van der Waals surface area (Å²) >= 11 is 11.9. The summed E-state index contributed by atoms with van der Waals surface area (Å²) in [6.45, 7) is 9.60. The number of nitrogens with zero attached hydrogens (tertiary/aromatic N) is 2. The molecule has 0 fully saturated rings. The average molecular weight is 275 g/mol. The third-order valence-electron chi connectivity index (χ3n) is 3.00. The lowest BCUT2D eigenvalue weighted by molar-refractivity contribution is 0.238. The molecular weight excluding hydrogens is 255 g/mol. The summed E-state index contributed by atoms with van der Waals surface area (Å²) in [7, 11) is 0. The summed E-state index contributed by atoms with van der Waals surface area (Å²) in [5, 5.41) is 0.962. The third kappa shape index (κ3) is 4.82. The van der Waals surface area contributed by atoms with Crippen LogP contribution in [0.5, 0.6) is 0 Å². The molecule has 0 aliphatic rings.